The molecule has 0 rings (SSSR count). The maximum Gasteiger partial charge on any atom is 0.331 e. The van der Waals surface area contributed by atoms with E-state index in [2.05, 4.69) is 9.47 Å². The standard InChI is InChI=1S/C16H22O11/c17-13(18)1-3-15(21)26-11-9-24-7-5-23-6-8-25-10-12-27-16(22)4-2-14(19)20/h1-4H,5-12H2,(H,17,18)(H,19,20)/b3-1+,4-2+. The molecule has 0 aromatic carbocycles. The first-order valence-corrected chi connectivity index (χ1v) is 7.80. The summed E-state index contributed by atoms with van der Waals surface area (Å²) in [5.41, 5.74) is 0. The van der Waals surface area contributed by atoms with E-state index >= 15 is 0 Å². The van der Waals surface area contributed by atoms with Crippen LogP contribution in [0.15, 0.2) is 24.3 Å². The van der Waals surface area contributed by atoms with Gasteiger partial charge >= 0.3 is 23.9 Å². The van der Waals surface area contributed by atoms with Gasteiger partial charge in [-0.3, -0.25) is 0 Å². The molecule has 0 bridgehead atoms. The fraction of sp³-hybridized carbons (Fsp3) is 0.500. The SMILES string of the molecule is O=C(O)/C=C/C(=O)OCCOCCOCCOCCOC(=O)/C=C/C(=O)O. The van der Waals surface area contributed by atoms with Crippen LogP contribution in [0.5, 0.6) is 0 Å². The highest BCUT2D eigenvalue weighted by Crippen LogP contribution is 1.87. The number of carboxylic acids is 2. The van der Waals surface area contributed by atoms with Gasteiger partial charge in [-0.1, -0.05) is 0 Å². The van der Waals surface area contributed by atoms with Crippen molar-refractivity contribution >= 4 is 23.9 Å². The van der Waals surface area contributed by atoms with E-state index in [0.29, 0.717) is 25.4 Å². The third-order valence-electron chi connectivity index (χ3n) is 2.41. The summed E-state index contributed by atoms with van der Waals surface area (Å²) in [6, 6.07) is 0. The minimum Gasteiger partial charge on any atom is -0.478 e. The molecule has 11 nitrogen and oxygen atoms in total. The molecule has 0 aliphatic heterocycles. The Morgan fingerprint density at radius 2 is 0.815 bits per heavy atom. The van der Waals surface area contributed by atoms with Crippen molar-refractivity contribution in [1.82, 2.24) is 0 Å². The third-order valence-corrected chi connectivity index (χ3v) is 2.41. The molecule has 0 saturated carbocycles. The number of hydrogen-bond donors (Lipinski definition) is 2. The number of ether oxygens (including phenoxy) is 5. The lowest BCUT2D eigenvalue weighted by Crippen LogP contribution is -2.14. The zero-order valence-corrected chi connectivity index (χ0v) is 14.5. The summed E-state index contributed by atoms with van der Waals surface area (Å²) in [6.45, 7) is 1.42. The number of hydrogen-bond acceptors (Lipinski definition) is 9. The van der Waals surface area contributed by atoms with Gasteiger partial charge in [0.2, 0.25) is 0 Å². The molecule has 0 aliphatic rings. The zero-order valence-electron chi connectivity index (χ0n) is 14.5. The molecule has 0 spiro atoms. The van der Waals surface area contributed by atoms with Gasteiger partial charge in [0.05, 0.1) is 39.6 Å². The van der Waals surface area contributed by atoms with E-state index in [1.807, 2.05) is 0 Å². The summed E-state index contributed by atoms with van der Waals surface area (Å²) in [5.74, 6) is -4.01. The normalized spacial score (nSPS) is 11.0. The van der Waals surface area contributed by atoms with Gasteiger partial charge in [0.1, 0.15) is 13.2 Å². The Bertz CT molecular complexity index is 478. The number of esters is 2. The Morgan fingerprint density at radius 3 is 1.11 bits per heavy atom. The summed E-state index contributed by atoms with van der Waals surface area (Å²) < 4.78 is 24.8. The Kier molecular flexibility index (Phi) is 15.0. The van der Waals surface area contributed by atoms with E-state index < -0.39 is 23.9 Å². The molecule has 0 atom stereocenters. The quantitative estimate of drug-likeness (QED) is 0.197. The average Bonchev–Trinajstić information content (AvgIpc) is 2.62. The highest BCUT2D eigenvalue weighted by atomic mass is 16.6. The second-order valence-corrected chi connectivity index (χ2v) is 4.52. The second kappa shape index (κ2) is 16.7. The lowest BCUT2D eigenvalue weighted by Gasteiger charge is -2.07. The lowest BCUT2D eigenvalue weighted by atomic mass is 10.5. The molecule has 0 aromatic heterocycles. The van der Waals surface area contributed by atoms with Crippen molar-refractivity contribution in [3.63, 3.8) is 0 Å². The Labute approximate surface area is 155 Å². The van der Waals surface area contributed by atoms with Crippen molar-refractivity contribution in [1.29, 1.82) is 0 Å². The van der Waals surface area contributed by atoms with E-state index in [4.69, 9.17) is 24.4 Å². The second-order valence-electron chi connectivity index (χ2n) is 4.52. The van der Waals surface area contributed by atoms with Crippen LogP contribution in [-0.4, -0.2) is 86.9 Å². The van der Waals surface area contributed by atoms with Crippen molar-refractivity contribution in [3.8, 4) is 0 Å². The maximum atomic E-state index is 11.0. The van der Waals surface area contributed by atoms with Crippen molar-refractivity contribution in [2.75, 3.05) is 52.9 Å². The summed E-state index contributed by atoms with van der Waals surface area (Å²) in [7, 11) is 0. The minimum atomic E-state index is -1.24. The highest BCUT2D eigenvalue weighted by molar-refractivity contribution is 5.91. The Hall–Kier alpha value is -2.76. The molecule has 11 heteroatoms. The van der Waals surface area contributed by atoms with Crippen LogP contribution in [0.4, 0.5) is 0 Å². The molecule has 0 saturated heterocycles. The first-order valence-electron chi connectivity index (χ1n) is 7.80. The number of carboxylic acid groups (broad SMARTS) is 2. The van der Waals surface area contributed by atoms with E-state index in [1.54, 1.807) is 0 Å². The van der Waals surface area contributed by atoms with E-state index in [1.165, 1.54) is 0 Å². The van der Waals surface area contributed by atoms with Crippen LogP contribution in [0.2, 0.25) is 0 Å². The molecule has 0 unspecified atom stereocenters. The van der Waals surface area contributed by atoms with Crippen LogP contribution in [0.25, 0.3) is 0 Å². The smallest absolute Gasteiger partial charge is 0.331 e. The van der Waals surface area contributed by atoms with Crippen LogP contribution in [0.3, 0.4) is 0 Å². The van der Waals surface area contributed by atoms with Crippen molar-refractivity contribution in [3.05, 3.63) is 24.3 Å². The molecule has 0 amide bonds. The number of rotatable bonds is 16. The summed E-state index contributed by atoms with van der Waals surface area (Å²) in [4.78, 5) is 42.3. The first kappa shape index (κ1) is 24.2. The highest BCUT2D eigenvalue weighted by Gasteiger charge is 1.99. The molecule has 0 heterocycles. The number of carbonyl (C=O) groups excluding carboxylic acids is 2. The Morgan fingerprint density at radius 1 is 0.519 bits per heavy atom. The maximum absolute atomic E-state index is 11.0. The molecule has 0 aliphatic carbocycles. The third kappa shape index (κ3) is 19.4. The molecular formula is C16H22O11. The van der Waals surface area contributed by atoms with E-state index in [0.717, 1.165) is 12.2 Å². The summed E-state index contributed by atoms with van der Waals surface area (Å²) >= 11 is 0. The van der Waals surface area contributed by atoms with Gasteiger partial charge in [-0.05, 0) is 0 Å². The number of carbonyl (C=O) groups is 4. The van der Waals surface area contributed by atoms with Crippen LogP contribution in [-0.2, 0) is 42.9 Å². The fourth-order valence-electron chi connectivity index (χ4n) is 1.32. The van der Waals surface area contributed by atoms with Crippen molar-refractivity contribution < 1.29 is 53.1 Å². The van der Waals surface area contributed by atoms with Gasteiger partial charge in [-0.15, -0.1) is 0 Å². The minimum absolute atomic E-state index is 0.00766. The van der Waals surface area contributed by atoms with Crippen molar-refractivity contribution in [2.45, 2.75) is 0 Å². The molecule has 0 fully saturated rings. The van der Waals surface area contributed by atoms with Crippen LogP contribution in [0, 0.1) is 0 Å². The van der Waals surface area contributed by atoms with Gasteiger partial charge in [-0.25, -0.2) is 19.2 Å². The van der Waals surface area contributed by atoms with Crippen LogP contribution < -0.4 is 0 Å². The lowest BCUT2D eigenvalue weighted by molar-refractivity contribution is -0.140. The largest absolute Gasteiger partial charge is 0.478 e. The molecule has 0 radical (unpaired) electrons. The van der Waals surface area contributed by atoms with Gasteiger partial charge in [-0.2, -0.15) is 0 Å². The zero-order chi connectivity index (χ0) is 20.3. The Balaban J connectivity index is 3.32. The first-order chi connectivity index (χ1) is 12.9. The predicted octanol–water partition coefficient (Wildman–Crippen LogP) is -0.596. The number of aliphatic carboxylic acids is 2. The van der Waals surface area contributed by atoms with Gasteiger partial charge < -0.3 is 33.9 Å². The summed E-state index contributed by atoms with van der Waals surface area (Å²) in [5, 5.41) is 16.6. The van der Waals surface area contributed by atoms with Gasteiger partial charge in [0.25, 0.3) is 0 Å². The molecule has 0 aromatic rings. The molecular weight excluding hydrogens is 368 g/mol. The van der Waals surface area contributed by atoms with Crippen molar-refractivity contribution in [2.24, 2.45) is 0 Å². The van der Waals surface area contributed by atoms with Crippen LogP contribution >= 0.6 is 0 Å². The molecule has 2 N–H and O–H groups in total. The van der Waals surface area contributed by atoms with Gasteiger partial charge in [0, 0.05) is 24.3 Å². The molecule has 152 valence electrons. The molecule has 27 heavy (non-hydrogen) atoms. The topological polar surface area (TPSA) is 155 Å². The van der Waals surface area contributed by atoms with Crippen LogP contribution in [0.1, 0.15) is 0 Å². The van der Waals surface area contributed by atoms with E-state index in [9.17, 15) is 19.2 Å². The fourth-order valence-corrected chi connectivity index (χ4v) is 1.32. The summed E-state index contributed by atoms with van der Waals surface area (Å²) in [6.07, 6.45) is 2.97. The van der Waals surface area contributed by atoms with E-state index in [-0.39, 0.29) is 39.6 Å². The predicted molar refractivity (Wildman–Crippen MR) is 87.9 cm³/mol. The average molecular weight is 390 g/mol. The van der Waals surface area contributed by atoms with Gasteiger partial charge in [0.15, 0.2) is 0 Å². The monoisotopic (exact) mass is 390 g/mol.